The van der Waals surface area contributed by atoms with Crippen LogP contribution in [0, 0.1) is 0 Å². The van der Waals surface area contributed by atoms with Crippen LogP contribution in [0.2, 0.25) is 0 Å². The largest absolute Gasteiger partial charge is 0.508 e. The van der Waals surface area contributed by atoms with E-state index in [0.29, 0.717) is 5.69 Å². The van der Waals surface area contributed by atoms with Gasteiger partial charge in [0, 0.05) is 23.5 Å². The molecule has 1 aromatic heterocycles. The van der Waals surface area contributed by atoms with Crippen LogP contribution >= 0.6 is 0 Å². The van der Waals surface area contributed by atoms with Crippen LogP contribution in [-0.2, 0) is 4.79 Å². The van der Waals surface area contributed by atoms with Gasteiger partial charge in [0.05, 0.1) is 0 Å². The number of anilines is 1. The molecule has 1 aromatic carbocycles. The Morgan fingerprint density at radius 2 is 1.81 bits per heavy atom. The lowest BCUT2D eigenvalue weighted by Crippen LogP contribution is -2.36. The number of hydrogen-bond donors (Lipinski definition) is 3. The Morgan fingerprint density at radius 1 is 1.14 bits per heavy atom. The molecule has 0 aliphatic carbocycles. The van der Waals surface area contributed by atoms with Crippen LogP contribution in [0.5, 0.6) is 5.75 Å². The minimum absolute atomic E-state index is 0.00219. The van der Waals surface area contributed by atoms with Crippen LogP contribution in [0.15, 0.2) is 47.4 Å². The molecule has 3 N–H and O–H groups in total. The maximum atomic E-state index is 12.4. The fraction of sp³-hybridized carbons (Fsp3) is 0.0714. The third-order valence-electron chi connectivity index (χ3n) is 2.72. The van der Waals surface area contributed by atoms with Crippen LogP contribution in [-0.4, -0.2) is 33.6 Å². The van der Waals surface area contributed by atoms with Crippen molar-refractivity contribution in [2.24, 2.45) is 0 Å². The number of phenols is 1. The number of carbonyl (C=O) groups excluding carboxylic acids is 1. The van der Waals surface area contributed by atoms with E-state index in [4.69, 9.17) is 5.11 Å². The molecule has 0 saturated heterocycles. The number of aromatic amines is 1. The molecule has 21 heavy (non-hydrogen) atoms. The van der Waals surface area contributed by atoms with E-state index < -0.39 is 24.0 Å². The topological polar surface area (TPSA) is 111 Å². The molecule has 7 heteroatoms. The van der Waals surface area contributed by atoms with E-state index in [1.807, 2.05) is 0 Å². The minimum Gasteiger partial charge on any atom is -0.508 e. The summed E-state index contributed by atoms with van der Waals surface area (Å²) in [7, 11) is 0. The number of amides is 1. The van der Waals surface area contributed by atoms with Crippen molar-refractivity contribution in [3.63, 3.8) is 0 Å². The molecule has 0 saturated carbocycles. The third-order valence-corrected chi connectivity index (χ3v) is 2.72. The number of carboxylic acid groups (broad SMARTS) is 1. The van der Waals surface area contributed by atoms with Crippen molar-refractivity contribution in [3.05, 3.63) is 58.5 Å². The standard InChI is InChI=1S/C14H12N2O5/c17-11-3-1-10(2-4-11)16(8-13(19)20)14(21)9-5-6-15-12(18)7-9/h1-7,17H,8H2,(H,15,18)(H,19,20). The summed E-state index contributed by atoms with van der Waals surface area (Å²) in [6.07, 6.45) is 1.31. The number of H-pyrrole nitrogens is 1. The Morgan fingerprint density at radius 3 is 2.38 bits per heavy atom. The number of benzene rings is 1. The van der Waals surface area contributed by atoms with E-state index in [0.717, 1.165) is 11.0 Å². The maximum Gasteiger partial charge on any atom is 0.323 e. The average Bonchev–Trinajstić information content (AvgIpc) is 2.45. The average molecular weight is 288 g/mol. The molecule has 2 rings (SSSR count). The minimum atomic E-state index is -1.19. The summed E-state index contributed by atoms with van der Waals surface area (Å²) in [5.74, 6) is -1.81. The van der Waals surface area contributed by atoms with Gasteiger partial charge >= 0.3 is 5.97 Å². The number of phenolic OH excluding ortho intramolecular Hbond substituents is 1. The quantitative estimate of drug-likeness (QED) is 0.771. The number of carboxylic acids is 1. The summed E-state index contributed by atoms with van der Waals surface area (Å²) in [5, 5.41) is 18.2. The van der Waals surface area contributed by atoms with Crippen molar-refractivity contribution < 1.29 is 19.8 Å². The molecule has 0 radical (unpaired) electrons. The number of aromatic nitrogens is 1. The highest BCUT2D eigenvalue weighted by Gasteiger charge is 2.20. The lowest BCUT2D eigenvalue weighted by Gasteiger charge is -2.20. The van der Waals surface area contributed by atoms with Crippen LogP contribution in [0.1, 0.15) is 10.4 Å². The number of hydrogen-bond acceptors (Lipinski definition) is 4. The van der Waals surface area contributed by atoms with Gasteiger partial charge in [0.25, 0.3) is 5.91 Å². The molecular weight excluding hydrogens is 276 g/mol. The smallest absolute Gasteiger partial charge is 0.323 e. The first-order valence-corrected chi connectivity index (χ1v) is 5.99. The highest BCUT2D eigenvalue weighted by molar-refractivity contribution is 6.08. The van der Waals surface area contributed by atoms with Gasteiger partial charge in [-0.25, -0.2) is 0 Å². The highest BCUT2D eigenvalue weighted by atomic mass is 16.4. The van der Waals surface area contributed by atoms with Crippen molar-refractivity contribution in [2.45, 2.75) is 0 Å². The van der Waals surface area contributed by atoms with Gasteiger partial charge < -0.3 is 15.2 Å². The zero-order chi connectivity index (χ0) is 15.4. The zero-order valence-electron chi connectivity index (χ0n) is 10.8. The first kappa shape index (κ1) is 14.3. The van der Waals surface area contributed by atoms with Gasteiger partial charge in [0.15, 0.2) is 0 Å². The van der Waals surface area contributed by atoms with E-state index in [1.54, 1.807) is 0 Å². The van der Waals surface area contributed by atoms with Gasteiger partial charge in [-0.3, -0.25) is 19.3 Å². The Hall–Kier alpha value is -3.09. The SMILES string of the molecule is O=C(O)CN(C(=O)c1cc[nH]c(=O)c1)c1ccc(O)cc1. The predicted octanol–water partition coefficient (Wildman–Crippen LogP) is 0.812. The Labute approximate surface area is 119 Å². The van der Waals surface area contributed by atoms with Crippen LogP contribution < -0.4 is 10.5 Å². The van der Waals surface area contributed by atoms with Crippen molar-refractivity contribution in [3.8, 4) is 5.75 Å². The number of aromatic hydroxyl groups is 1. The predicted molar refractivity (Wildman–Crippen MR) is 74.5 cm³/mol. The molecule has 108 valence electrons. The van der Waals surface area contributed by atoms with Gasteiger partial charge in [0.2, 0.25) is 5.56 Å². The van der Waals surface area contributed by atoms with Crippen molar-refractivity contribution >= 4 is 17.6 Å². The number of nitrogens with zero attached hydrogens (tertiary/aromatic N) is 1. The van der Waals surface area contributed by atoms with Crippen LogP contribution in [0.25, 0.3) is 0 Å². The third kappa shape index (κ3) is 3.47. The molecule has 0 aliphatic heterocycles. The summed E-state index contributed by atoms with van der Waals surface area (Å²) in [6, 6.07) is 8.01. The summed E-state index contributed by atoms with van der Waals surface area (Å²) in [6.45, 7) is -0.559. The molecule has 7 nitrogen and oxygen atoms in total. The number of carbonyl (C=O) groups is 2. The second-order valence-electron chi connectivity index (χ2n) is 4.24. The molecule has 1 heterocycles. The van der Waals surface area contributed by atoms with Gasteiger partial charge in [0.1, 0.15) is 12.3 Å². The molecular formula is C14H12N2O5. The number of rotatable bonds is 4. The van der Waals surface area contributed by atoms with E-state index in [1.165, 1.54) is 36.5 Å². The Kier molecular flexibility index (Phi) is 4.03. The van der Waals surface area contributed by atoms with E-state index >= 15 is 0 Å². The normalized spacial score (nSPS) is 10.1. The monoisotopic (exact) mass is 288 g/mol. The van der Waals surface area contributed by atoms with Crippen LogP contribution in [0.4, 0.5) is 5.69 Å². The van der Waals surface area contributed by atoms with Gasteiger partial charge in [-0.15, -0.1) is 0 Å². The van der Waals surface area contributed by atoms with E-state index in [-0.39, 0.29) is 11.3 Å². The van der Waals surface area contributed by atoms with E-state index in [2.05, 4.69) is 4.98 Å². The first-order valence-electron chi connectivity index (χ1n) is 5.99. The van der Waals surface area contributed by atoms with Crippen molar-refractivity contribution in [1.82, 2.24) is 4.98 Å². The molecule has 0 unspecified atom stereocenters. The highest BCUT2D eigenvalue weighted by Crippen LogP contribution is 2.20. The first-order chi connectivity index (χ1) is 9.97. The van der Waals surface area contributed by atoms with E-state index in [9.17, 15) is 19.5 Å². The summed E-state index contributed by atoms with van der Waals surface area (Å²) in [5.41, 5.74) is -0.0737. The fourth-order valence-corrected chi connectivity index (χ4v) is 1.78. The molecule has 0 spiro atoms. The number of aliphatic carboxylic acids is 1. The van der Waals surface area contributed by atoms with Gasteiger partial charge in [-0.1, -0.05) is 0 Å². The van der Waals surface area contributed by atoms with Crippen molar-refractivity contribution in [2.75, 3.05) is 11.4 Å². The number of nitrogens with one attached hydrogen (secondary N) is 1. The van der Waals surface area contributed by atoms with Gasteiger partial charge in [-0.05, 0) is 30.3 Å². The molecule has 2 aromatic rings. The molecule has 0 bridgehead atoms. The second kappa shape index (κ2) is 5.91. The second-order valence-corrected chi connectivity index (χ2v) is 4.24. The maximum absolute atomic E-state index is 12.4. The summed E-state index contributed by atoms with van der Waals surface area (Å²) >= 11 is 0. The number of pyridine rings is 1. The fourth-order valence-electron chi connectivity index (χ4n) is 1.78. The van der Waals surface area contributed by atoms with Crippen molar-refractivity contribution in [1.29, 1.82) is 0 Å². The zero-order valence-corrected chi connectivity index (χ0v) is 10.8. The Bertz CT molecular complexity index is 721. The molecule has 0 aliphatic rings. The summed E-state index contributed by atoms with van der Waals surface area (Å²) < 4.78 is 0. The van der Waals surface area contributed by atoms with Gasteiger partial charge in [-0.2, -0.15) is 0 Å². The summed E-state index contributed by atoms with van der Waals surface area (Å²) in [4.78, 5) is 37.9. The molecule has 1 amide bonds. The molecule has 0 atom stereocenters. The lowest BCUT2D eigenvalue weighted by atomic mass is 10.2. The van der Waals surface area contributed by atoms with Crippen LogP contribution in [0.3, 0.4) is 0 Å². The lowest BCUT2D eigenvalue weighted by molar-refractivity contribution is -0.135. The molecule has 0 fully saturated rings. The Balaban J connectivity index is 2.40.